The van der Waals surface area contributed by atoms with Crippen molar-refractivity contribution in [2.24, 2.45) is 0 Å². The lowest BCUT2D eigenvalue weighted by molar-refractivity contribution is -0.143. The molecular formula is C14H16N2O6S. The molecule has 3 rings (SSSR count). The largest absolute Gasteiger partial charge is 0.461 e. The summed E-state index contributed by atoms with van der Waals surface area (Å²) in [7, 11) is -0.813. The van der Waals surface area contributed by atoms with E-state index in [9.17, 15) is 18.0 Å². The van der Waals surface area contributed by atoms with Crippen LogP contribution in [0.5, 0.6) is 0 Å². The maximum Gasteiger partial charge on any atom is 0.420 e. The Bertz CT molecular complexity index is 940. The zero-order valence-electron chi connectivity index (χ0n) is 12.8. The molecule has 0 aliphatic carbocycles. The average Bonchev–Trinajstić information content (AvgIpc) is 2.95. The van der Waals surface area contributed by atoms with Gasteiger partial charge in [-0.25, -0.2) is 22.3 Å². The van der Waals surface area contributed by atoms with Gasteiger partial charge in [0, 0.05) is 26.6 Å². The topological polar surface area (TPSA) is 98.8 Å². The van der Waals surface area contributed by atoms with E-state index in [4.69, 9.17) is 9.15 Å². The van der Waals surface area contributed by atoms with Crippen LogP contribution in [0.3, 0.4) is 0 Å². The molecule has 1 saturated heterocycles. The first kappa shape index (κ1) is 15.8. The smallest absolute Gasteiger partial charge is 0.420 e. The number of hydrogen-bond acceptors (Lipinski definition) is 6. The van der Waals surface area contributed by atoms with Crippen molar-refractivity contribution in [3.8, 4) is 0 Å². The van der Waals surface area contributed by atoms with E-state index in [-0.39, 0.29) is 16.6 Å². The van der Waals surface area contributed by atoms with E-state index < -0.39 is 27.8 Å². The van der Waals surface area contributed by atoms with Crippen LogP contribution in [0.15, 0.2) is 32.3 Å². The van der Waals surface area contributed by atoms with Gasteiger partial charge < -0.3 is 9.15 Å². The molecule has 1 fully saturated rings. The molecule has 8 nitrogen and oxygen atoms in total. The Labute approximate surface area is 132 Å². The Morgan fingerprint density at radius 1 is 1.26 bits per heavy atom. The van der Waals surface area contributed by atoms with Crippen molar-refractivity contribution >= 4 is 27.1 Å². The normalized spacial score (nSPS) is 22.0. The van der Waals surface area contributed by atoms with Crippen molar-refractivity contribution in [2.45, 2.75) is 30.4 Å². The highest BCUT2D eigenvalue weighted by Crippen LogP contribution is 2.29. The second-order valence-electron chi connectivity index (χ2n) is 5.65. The molecule has 1 aliphatic rings. The number of oxazole rings is 1. The molecule has 0 spiro atoms. The van der Waals surface area contributed by atoms with Crippen molar-refractivity contribution in [3.05, 3.63) is 28.7 Å². The van der Waals surface area contributed by atoms with Crippen molar-refractivity contribution < 1.29 is 22.4 Å². The Morgan fingerprint density at radius 2 is 1.96 bits per heavy atom. The molecule has 23 heavy (non-hydrogen) atoms. The molecule has 9 heteroatoms. The van der Waals surface area contributed by atoms with Gasteiger partial charge in [-0.3, -0.25) is 4.57 Å². The zero-order chi connectivity index (χ0) is 16.9. The minimum atomic E-state index is -3.64. The number of cyclic esters (lactones) is 1. The van der Waals surface area contributed by atoms with Gasteiger partial charge in [-0.05, 0) is 19.1 Å². The number of nitrogens with zero attached hydrogens (tertiary/aromatic N) is 2. The van der Waals surface area contributed by atoms with Gasteiger partial charge in [0.15, 0.2) is 5.58 Å². The fourth-order valence-electron chi connectivity index (χ4n) is 2.63. The first-order chi connectivity index (χ1) is 10.7. The average molecular weight is 340 g/mol. The third-order valence-electron chi connectivity index (χ3n) is 3.82. The summed E-state index contributed by atoms with van der Waals surface area (Å²) in [6.45, 7) is 1.74. The lowest BCUT2D eigenvalue weighted by Crippen LogP contribution is -2.24. The van der Waals surface area contributed by atoms with Crippen LogP contribution in [0.2, 0.25) is 0 Å². The fourth-order valence-corrected chi connectivity index (χ4v) is 3.55. The Kier molecular flexibility index (Phi) is 3.56. The highest BCUT2D eigenvalue weighted by Gasteiger charge is 2.36. The predicted molar refractivity (Wildman–Crippen MR) is 80.6 cm³/mol. The highest BCUT2D eigenvalue weighted by molar-refractivity contribution is 7.89. The molecular weight excluding hydrogens is 324 g/mol. The van der Waals surface area contributed by atoms with E-state index in [1.165, 1.54) is 36.9 Å². The van der Waals surface area contributed by atoms with Gasteiger partial charge in [0.2, 0.25) is 10.0 Å². The van der Waals surface area contributed by atoms with Crippen LogP contribution in [0.1, 0.15) is 19.4 Å². The van der Waals surface area contributed by atoms with Gasteiger partial charge in [-0.2, -0.15) is 0 Å². The first-order valence-corrected chi connectivity index (χ1v) is 8.44. The molecule has 0 saturated carbocycles. The van der Waals surface area contributed by atoms with Gasteiger partial charge in [0.05, 0.1) is 10.4 Å². The standard InChI is InChI=1S/C14H16N2O6S/c1-8-6-11(13(17)21-8)16-10-5-4-9(23(19,20)15(2)3)7-12(10)22-14(16)18/h4-5,7-8,11H,6H2,1-3H3/t8-,11-/m0/s1. The molecule has 0 amide bonds. The maximum atomic E-state index is 12.1. The monoisotopic (exact) mass is 340 g/mol. The van der Waals surface area contributed by atoms with Crippen LogP contribution in [-0.2, 0) is 19.6 Å². The number of rotatable bonds is 3. The van der Waals surface area contributed by atoms with E-state index in [1.807, 2.05) is 0 Å². The van der Waals surface area contributed by atoms with Crippen LogP contribution in [0.25, 0.3) is 11.1 Å². The third-order valence-corrected chi connectivity index (χ3v) is 5.63. The summed E-state index contributed by atoms with van der Waals surface area (Å²) in [6.07, 6.45) is 0.0863. The number of hydrogen-bond donors (Lipinski definition) is 0. The lowest BCUT2D eigenvalue weighted by atomic mass is 10.2. The molecule has 0 radical (unpaired) electrons. The molecule has 0 N–H and O–H groups in total. The van der Waals surface area contributed by atoms with Crippen molar-refractivity contribution in [1.82, 2.24) is 8.87 Å². The summed E-state index contributed by atoms with van der Waals surface area (Å²) in [5.74, 6) is -1.21. The summed E-state index contributed by atoms with van der Waals surface area (Å²) < 4.78 is 36.8. The van der Waals surface area contributed by atoms with E-state index in [0.29, 0.717) is 11.9 Å². The first-order valence-electron chi connectivity index (χ1n) is 7.00. The summed E-state index contributed by atoms with van der Waals surface area (Å²) in [4.78, 5) is 24.0. The van der Waals surface area contributed by atoms with Crippen LogP contribution in [-0.4, -0.2) is 43.5 Å². The second kappa shape index (κ2) is 5.20. The Hall–Kier alpha value is -2.13. The maximum absolute atomic E-state index is 12.1. The van der Waals surface area contributed by atoms with E-state index in [0.717, 1.165) is 4.31 Å². The molecule has 2 heterocycles. The van der Waals surface area contributed by atoms with Crippen molar-refractivity contribution in [3.63, 3.8) is 0 Å². The lowest BCUT2D eigenvalue weighted by Gasteiger charge is -2.11. The molecule has 2 aromatic rings. The molecule has 124 valence electrons. The van der Waals surface area contributed by atoms with Gasteiger partial charge in [0.25, 0.3) is 0 Å². The number of aromatic nitrogens is 1. The number of esters is 1. The predicted octanol–water partition coefficient (Wildman–Crippen LogP) is 0.721. The van der Waals surface area contributed by atoms with E-state index in [2.05, 4.69) is 0 Å². The number of ether oxygens (including phenoxy) is 1. The molecule has 2 atom stereocenters. The molecule has 0 unspecified atom stereocenters. The second-order valence-corrected chi connectivity index (χ2v) is 7.81. The van der Waals surface area contributed by atoms with Gasteiger partial charge >= 0.3 is 11.7 Å². The SMILES string of the molecule is C[C@H]1C[C@H](n2c(=O)oc3cc(S(=O)(=O)N(C)C)ccc32)C(=O)O1. The van der Waals surface area contributed by atoms with Crippen molar-refractivity contribution in [2.75, 3.05) is 14.1 Å². The quantitative estimate of drug-likeness (QED) is 0.764. The summed E-state index contributed by atoms with van der Waals surface area (Å²) in [5, 5.41) is 0. The summed E-state index contributed by atoms with van der Waals surface area (Å²) >= 11 is 0. The van der Waals surface area contributed by atoms with Gasteiger partial charge in [-0.15, -0.1) is 0 Å². The van der Waals surface area contributed by atoms with Crippen LogP contribution < -0.4 is 5.76 Å². The minimum Gasteiger partial charge on any atom is -0.461 e. The van der Waals surface area contributed by atoms with Gasteiger partial charge in [-0.1, -0.05) is 0 Å². The van der Waals surface area contributed by atoms with Crippen LogP contribution >= 0.6 is 0 Å². The molecule has 0 bridgehead atoms. The fraction of sp³-hybridized carbons (Fsp3) is 0.429. The minimum absolute atomic E-state index is 0.0123. The number of benzene rings is 1. The number of fused-ring (bicyclic) bond motifs is 1. The van der Waals surface area contributed by atoms with Crippen molar-refractivity contribution in [1.29, 1.82) is 0 Å². The summed E-state index contributed by atoms with van der Waals surface area (Å²) in [5.41, 5.74) is 0.481. The highest BCUT2D eigenvalue weighted by atomic mass is 32.2. The number of sulfonamides is 1. The molecule has 1 aliphatic heterocycles. The summed E-state index contributed by atoms with van der Waals surface area (Å²) in [6, 6.07) is 3.38. The van der Waals surface area contributed by atoms with E-state index in [1.54, 1.807) is 6.92 Å². The van der Waals surface area contributed by atoms with E-state index >= 15 is 0 Å². The Balaban J connectivity index is 2.15. The Morgan fingerprint density at radius 3 is 2.52 bits per heavy atom. The van der Waals surface area contributed by atoms with Crippen LogP contribution in [0, 0.1) is 0 Å². The van der Waals surface area contributed by atoms with Gasteiger partial charge in [0.1, 0.15) is 12.1 Å². The molecule has 1 aromatic heterocycles. The number of carbonyl (C=O) groups excluding carboxylic acids is 1. The molecule has 1 aromatic carbocycles. The third kappa shape index (κ3) is 2.45. The van der Waals surface area contributed by atoms with Crippen LogP contribution in [0.4, 0.5) is 0 Å². The number of carbonyl (C=O) groups is 1. The zero-order valence-corrected chi connectivity index (χ0v) is 13.7.